The smallest absolute Gasteiger partial charge is 0.293 e. The Kier molecular flexibility index (Phi) is 5.57. The molecule has 0 aliphatic rings. The van der Waals surface area contributed by atoms with Gasteiger partial charge in [0.1, 0.15) is 5.75 Å². The van der Waals surface area contributed by atoms with E-state index in [-0.39, 0.29) is 17.0 Å². The van der Waals surface area contributed by atoms with Crippen molar-refractivity contribution in [3.63, 3.8) is 0 Å². The summed E-state index contributed by atoms with van der Waals surface area (Å²) in [5.74, 6) is 0.538. The van der Waals surface area contributed by atoms with Gasteiger partial charge in [-0.2, -0.15) is 0 Å². The summed E-state index contributed by atoms with van der Waals surface area (Å²) in [5, 5.41) is 5.65. The van der Waals surface area contributed by atoms with Crippen LogP contribution in [0.15, 0.2) is 45.5 Å². The van der Waals surface area contributed by atoms with Crippen molar-refractivity contribution in [3.8, 4) is 5.75 Å². The van der Waals surface area contributed by atoms with Gasteiger partial charge in [-0.25, -0.2) is 0 Å². The highest BCUT2D eigenvalue weighted by atomic mass is 79.9. The fraction of sp³-hybridized carbons (Fsp3) is 0.200. The number of nitrogens with one attached hydrogen (secondary N) is 2. The number of furan rings is 1. The van der Waals surface area contributed by atoms with Crippen LogP contribution in [-0.2, 0) is 0 Å². The summed E-state index contributed by atoms with van der Waals surface area (Å²) in [6.07, 6.45) is 0.117. The van der Waals surface area contributed by atoms with Gasteiger partial charge in [-0.1, -0.05) is 0 Å². The van der Waals surface area contributed by atoms with E-state index in [1.54, 1.807) is 12.1 Å². The molecule has 0 radical (unpaired) electrons. The highest BCUT2D eigenvalue weighted by molar-refractivity contribution is 9.10. The summed E-state index contributed by atoms with van der Waals surface area (Å²) in [6, 6.07) is 10.5. The van der Waals surface area contributed by atoms with Crippen LogP contribution in [0, 0.1) is 0 Å². The Balaban J connectivity index is 1.90. The molecule has 0 atom stereocenters. The van der Waals surface area contributed by atoms with Crippen molar-refractivity contribution >= 4 is 44.9 Å². The Morgan fingerprint density at radius 1 is 1.23 bits per heavy atom. The van der Waals surface area contributed by atoms with E-state index < -0.39 is 5.91 Å². The fourth-order valence-corrected chi connectivity index (χ4v) is 2.17. The van der Waals surface area contributed by atoms with E-state index in [1.165, 1.54) is 0 Å². The van der Waals surface area contributed by atoms with Crippen molar-refractivity contribution in [3.05, 3.63) is 46.8 Å². The molecule has 0 bridgehead atoms. The van der Waals surface area contributed by atoms with Crippen LogP contribution in [0.4, 0.5) is 5.69 Å². The van der Waals surface area contributed by atoms with E-state index in [9.17, 15) is 4.79 Å². The summed E-state index contributed by atoms with van der Waals surface area (Å²) < 4.78 is 11.2. The Hall–Kier alpha value is -1.86. The van der Waals surface area contributed by atoms with Crippen LogP contribution >= 0.6 is 28.1 Å². The van der Waals surface area contributed by atoms with Crippen molar-refractivity contribution in [1.82, 2.24) is 5.32 Å². The first-order valence-corrected chi connectivity index (χ1v) is 7.78. The molecule has 1 amide bonds. The molecular weight excluding hydrogens is 368 g/mol. The van der Waals surface area contributed by atoms with Gasteiger partial charge in [0.05, 0.1) is 6.10 Å². The largest absolute Gasteiger partial charge is 0.491 e. The third kappa shape index (κ3) is 4.85. The van der Waals surface area contributed by atoms with Gasteiger partial charge in [-0.05, 0) is 78.4 Å². The number of anilines is 1. The van der Waals surface area contributed by atoms with E-state index >= 15 is 0 Å². The molecule has 0 saturated carbocycles. The van der Waals surface area contributed by atoms with Gasteiger partial charge in [0.25, 0.3) is 5.91 Å². The maximum absolute atomic E-state index is 11.9. The Labute approximate surface area is 142 Å². The first kappa shape index (κ1) is 16.5. The molecular formula is C15H15BrN2O3S. The van der Waals surface area contributed by atoms with Crippen LogP contribution in [0.2, 0.25) is 0 Å². The molecule has 0 saturated heterocycles. The summed E-state index contributed by atoms with van der Waals surface area (Å²) >= 11 is 8.23. The van der Waals surface area contributed by atoms with Crippen molar-refractivity contribution in [2.24, 2.45) is 0 Å². The number of amides is 1. The molecule has 7 heteroatoms. The Bertz CT molecular complexity index is 668. The van der Waals surface area contributed by atoms with E-state index in [4.69, 9.17) is 21.4 Å². The van der Waals surface area contributed by atoms with Crippen LogP contribution in [0.1, 0.15) is 24.4 Å². The molecule has 22 heavy (non-hydrogen) atoms. The lowest BCUT2D eigenvalue weighted by atomic mass is 10.3. The van der Waals surface area contributed by atoms with Crippen LogP contribution in [-0.4, -0.2) is 17.1 Å². The van der Waals surface area contributed by atoms with Crippen LogP contribution < -0.4 is 15.4 Å². The van der Waals surface area contributed by atoms with Gasteiger partial charge in [-0.15, -0.1) is 0 Å². The molecule has 0 unspecified atom stereocenters. The monoisotopic (exact) mass is 382 g/mol. The number of hydrogen-bond donors (Lipinski definition) is 2. The van der Waals surface area contributed by atoms with Gasteiger partial charge in [0.2, 0.25) is 0 Å². The lowest BCUT2D eigenvalue weighted by Crippen LogP contribution is -2.33. The number of carbonyl (C=O) groups excluding carboxylic acids is 1. The third-order valence-electron chi connectivity index (χ3n) is 2.51. The number of halogens is 1. The fourth-order valence-electron chi connectivity index (χ4n) is 1.65. The second-order valence-electron chi connectivity index (χ2n) is 4.70. The average Bonchev–Trinajstić information content (AvgIpc) is 2.87. The van der Waals surface area contributed by atoms with Gasteiger partial charge in [0, 0.05) is 5.69 Å². The standard InChI is InChI=1S/C15H15BrN2O3S/c1-9(2)20-11-5-3-10(4-6-11)17-15(22)18-14(19)12-7-8-13(16)21-12/h3-9H,1-2H3,(H2,17,18,19,22). The zero-order chi connectivity index (χ0) is 16.1. The quantitative estimate of drug-likeness (QED) is 0.783. The topological polar surface area (TPSA) is 63.5 Å². The first-order valence-electron chi connectivity index (χ1n) is 6.58. The van der Waals surface area contributed by atoms with E-state index in [1.807, 2.05) is 38.1 Å². The van der Waals surface area contributed by atoms with Crippen LogP contribution in [0.5, 0.6) is 5.75 Å². The van der Waals surface area contributed by atoms with Crippen molar-refractivity contribution in [2.75, 3.05) is 5.32 Å². The van der Waals surface area contributed by atoms with Gasteiger partial charge < -0.3 is 14.5 Å². The number of rotatable bonds is 4. The van der Waals surface area contributed by atoms with Gasteiger partial charge >= 0.3 is 0 Å². The third-order valence-corrected chi connectivity index (χ3v) is 3.14. The molecule has 116 valence electrons. The molecule has 1 aromatic heterocycles. The number of ether oxygens (including phenoxy) is 1. The second kappa shape index (κ2) is 7.42. The van der Waals surface area contributed by atoms with Crippen molar-refractivity contribution < 1.29 is 13.9 Å². The molecule has 1 heterocycles. The molecule has 2 aromatic rings. The average molecular weight is 383 g/mol. The van der Waals surface area contributed by atoms with Gasteiger partial charge in [0.15, 0.2) is 15.5 Å². The zero-order valence-corrected chi connectivity index (χ0v) is 14.5. The molecule has 1 aromatic carbocycles. The normalized spacial score (nSPS) is 10.4. The summed E-state index contributed by atoms with van der Waals surface area (Å²) in [5.41, 5.74) is 0.752. The number of thiocarbonyl (C=S) groups is 1. The molecule has 0 spiro atoms. The Morgan fingerprint density at radius 3 is 2.45 bits per heavy atom. The lowest BCUT2D eigenvalue weighted by Gasteiger charge is -2.11. The first-order chi connectivity index (χ1) is 10.4. The van der Waals surface area contributed by atoms with E-state index in [2.05, 4.69) is 26.6 Å². The molecule has 0 fully saturated rings. The summed E-state index contributed by atoms with van der Waals surface area (Å²) in [6.45, 7) is 3.92. The molecule has 0 aliphatic heterocycles. The highest BCUT2D eigenvalue weighted by Crippen LogP contribution is 2.17. The van der Waals surface area contributed by atoms with E-state index in [0.29, 0.717) is 4.67 Å². The molecule has 2 rings (SSSR count). The highest BCUT2D eigenvalue weighted by Gasteiger charge is 2.12. The SMILES string of the molecule is CC(C)Oc1ccc(NC(=S)NC(=O)c2ccc(Br)o2)cc1. The van der Waals surface area contributed by atoms with Crippen molar-refractivity contribution in [1.29, 1.82) is 0 Å². The number of carbonyl (C=O) groups is 1. The van der Waals surface area contributed by atoms with Crippen LogP contribution in [0.25, 0.3) is 0 Å². The minimum Gasteiger partial charge on any atom is -0.491 e. The maximum atomic E-state index is 11.9. The minimum absolute atomic E-state index is 0.117. The number of hydrogen-bond acceptors (Lipinski definition) is 4. The predicted molar refractivity (Wildman–Crippen MR) is 92.3 cm³/mol. The summed E-state index contributed by atoms with van der Waals surface area (Å²) in [7, 11) is 0. The van der Waals surface area contributed by atoms with E-state index in [0.717, 1.165) is 11.4 Å². The maximum Gasteiger partial charge on any atom is 0.293 e. The van der Waals surface area contributed by atoms with Crippen LogP contribution in [0.3, 0.4) is 0 Å². The molecule has 5 nitrogen and oxygen atoms in total. The second-order valence-corrected chi connectivity index (χ2v) is 5.89. The predicted octanol–water partition coefficient (Wildman–Crippen LogP) is 3.96. The summed E-state index contributed by atoms with van der Waals surface area (Å²) in [4.78, 5) is 11.9. The lowest BCUT2D eigenvalue weighted by molar-refractivity contribution is 0.0949. The molecule has 2 N–H and O–H groups in total. The Morgan fingerprint density at radius 2 is 1.91 bits per heavy atom. The minimum atomic E-state index is -0.414. The molecule has 0 aliphatic carbocycles. The van der Waals surface area contributed by atoms with Crippen molar-refractivity contribution in [2.45, 2.75) is 20.0 Å². The number of benzene rings is 1. The van der Waals surface area contributed by atoms with Gasteiger partial charge in [-0.3, -0.25) is 10.1 Å². The zero-order valence-electron chi connectivity index (χ0n) is 12.1.